The number of hydrogen-bond acceptors (Lipinski definition) is 5. The standard InChI is InChI=1S/C10H9NO4/c1-14-9-4-3-7(11-6-12)5-8(9)10(13)15-2/h3-5H,1-2H3. The Morgan fingerprint density at radius 2 is 2.13 bits per heavy atom. The highest BCUT2D eigenvalue weighted by atomic mass is 16.5. The lowest BCUT2D eigenvalue weighted by Gasteiger charge is -2.06. The molecule has 0 aliphatic heterocycles. The van der Waals surface area contributed by atoms with Crippen LogP contribution >= 0.6 is 0 Å². The summed E-state index contributed by atoms with van der Waals surface area (Å²) < 4.78 is 9.51. The fraction of sp³-hybridized carbons (Fsp3) is 0.200. The number of nitrogens with zero attached hydrogens (tertiary/aromatic N) is 1. The molecule has 5 nitrogen and oxygen atoms in total. The molecule has 0 atom stereocenters. The zero-order valence-corrected chi connectivity index (χ0v) is 8.31. The maximum Gasteiger partial charge on any atom is 0.341 e. The van der Waals surface area contributed by atoms with Gasteiger partial charge >= 0.3 is 5.97 Å². The normalized spacial score (nSPS) is 8.93. The zero-order valence-electron chi connectivity index (χ0n) is 8.31. The third kappa shape index (κ3) is 2.42. The number of esters is 1. The van der Waals surface area contributed by atoms with E-state index in [1.807, 2.05) is 0 Å². The van der Waals surface area contributed by atoms with E-state index in [0.29, 0.717) is 11.4 Å². The summed E-state index contributed by atoms with van der Waals surface area (Å²) in [5.41, 5.74) is 0.544. The second-order valence-electron chi connectivity index (χ2n) is 2.58. The molecule has 5 heteroatoms. The molecule has 0 aliphatic rings. The third-order valence-corrected chi connectivity index (χ3v) is 1.76. The van der Waals surface area contributed by atoms with E-state index >= 15 is 0 Å². The molecular formula is C10H9NO4. The first kappa shape index (κ1) is 10.9. The number of methoxy groups -OCH3 is 2. The average Bonchev–Trinajstić information content (AvgIpc) is 2.28. The number of benzene rings is 1. The van der Waals surface area contributed by atoms with Crippen LogP contribution < -0.4 is 4.74 Å². The van der Waals surface area contributed by atoms with Crippen LogP contribution in [-0.4, -0.2) is 26.3 Å². The van der Waals surface area contributed by atoms with Crippen molar-refractivity contribution in [2.75, 3.05) is 14.2 Å². The molecule has 0 saturated carbocycles. The molecule has 0 aliphatic carbocycles. The summed E-state index contributed by atoms with van der Waals surface area (Å²) in [6.45, 7) is 0. The smallest absolute Gasteiger partial charge is 0.341 e. The van der Waals surface area contributed by atoms with Crippen molar-refractivity contribution < 1.29 is 19.1 Å². The monoisotopic (exact) mass is 207 g/mol. The van der Waals surface area contributed by atoms with Gasteiger partial charge in [0.15, 0.2) is 0 Å². The highest BCUT2D eigenvalue weighted by molar-refractivity contribution is 5.93. The van der Waals surface area contributed by atoms with E-state index in [9.17, 15) is 9.59 Å². The van der Waals surface area contributed by atoms with E-state index in [1.54, 1.807) is 0 Å². The van der Waals surface area contributed by atoms with Crippen LogP contribution in [0.1, 0.15) is 10.4 Å². The molecule has 1 rings (SSSR count). The van der Waals surface area contributed by atoms with E-state index < -0.39 is 5.97 Å². The molecule has 15 heavy (non-hydrogen) atoms. The Hall–Kier alpha value is -2.13. The van der Waals surface area contributed by atoms with Crippen LogP contribution in [0.15, 0.2) is 23.2 Å². The highest BCUT2D eigenvalue weighted by Gasteiger charge is 2.12. The van der Waals surface area contributed by atoms with Crippen molar-refractivity contribution in [1.29, 1.82) is 0 Å². The van der Waals surface area contributed by atoms with E-state index in [1.165, 1.54) is 38.5 Å². The summed E-state index contributed by atoms with van der Waals surface area (Å²) in [4.78, 5) is 24.7. The minimum absolute atomic E-state index is 0.219. The van der Waals surface area contributed by atoms with Crippen LogP contribution in [0.4, 0.5) is 5.69 Å². The Balaban J connectivity index is 3.24. The lowest BCUT2D eigenvalue weighted by atomic mass is 10.2. The Bertz CT molecular complexity index is 421. The molecule has 0 amide bonds. The van der Waals surface area contributed by atoms with Gasteiger partial charge in [-0.3, -0.25) is 0 Å². The van der Waals surface area contributed by atoms with Gasteiger partial charge in [0.25, 0.3) is 0 Å². The Labute approximate surface area is 86.3 Å². The minimum Gasteiger partial charge on any atom is -0.496 e. The highest BCUT2D eigenvalue weighted by Crippen LogP contribution is 2.24. The van der Waals surface area contributed by atoms with Gasteiger partial charge in [-0.25, -0.2) is 9.59 Å². The zero-order chi connectivity index (χ0) is 11.3. The molecule has 78 valence electrons. The Kier molecular flexibility index (Phi) is 3.60. The van der Waals surface area contributed by atoms with Gasteiger partial charge in [-0.15, -0.1) is 0 Å². The number of carbonyl (C=O) groups is 1. The van der Waals surface area contributed by atoms with Gasteiger partial charge in [0.2, 0.25) is 6.08 Å². The van der Waals surface area contributed by atoms with E-state index in [2.05, 4.69) is 9.73 Å². The van der Waals surface area contributed by atoms with Gasteiger partial charge in [0, 0.05) is 0 Å². The molecule has 0 unspecified atom stereocenters. The van der Waals surface area contributed by atoms with Gasteiger partial charge in [-0.1, -0.05) is 0 Å². The minimum atomic E-state index is -0.546. The van der Waals surface area contributed by atoms with Gasteiger partial charge in [-0.2, -0.15) is 4.99 Å². The molecule has 1 aromatic rings. The molecule has 1 aromatic carbocycles. The predicted octanol–water partition coefficient (Wildman–Crippen LogP) is 1.45. The van der Waals surface area contributed by atoms with Crippen LogP contribution in [0.3, 0.4) is 0 Å². The third-order valence-electron chi connectivity index (χ3n) is 1.76. The SMILES string of the molecule is COC(=O)c1cc(N=C=O)ccc1OC. The van der Waals surface area contributed by atoms with E-state index in [4.69, 9.17) is 4.74 Å². The van der Waals surface area contributed by atoms with Crippen LogP contribution in [0.2, 0.25) is 0 Å². The maximum absolute atomic E-state index is 11.3. The van der Waals surface area contributed by atoms with Crippen molar-refractivity contribution in [2.45, 2.75) is 0 Å². The summed E-state index contributed by atoms with van der Waals surface area (Å²) in [7, 11) is 2.70. The number of hydrogen-bond donors (Lipinski definition) is 0. The van der Waals surface area contributed by atoms with Crippen molar-refractivity contribution >= 4 is 17.7 Å². The first-order valence-electron chi connectivity index (χ1n) is 4.07. The van der Waals surface area contributed by atoms with Crippen molar-refractivity contribution in [2.24, 2.45) is 4.99 Å². The summed E-state index contributed by atoms with van der Waals surface area (Å²) >= 11 is 0. The number of ether oxygens (including phenoxy) is 2. The van der Waals surface area contributed by atoms with Crippen molar-refractivity contribution in [3.63, 3.8) is 0 Å². The van der Waals surface area contributed by atoms with Gasteiger partial charge in [-0.05, 0) is 18.2 Å². The molecule has 0 N–H and O–H groups in total. The van der Waals surface area contributed by atoms with Crippen LogP contribution in [0.25, 0.3) is 0 Å². The second kappa shape index (κ2) is 4.93. The van der Waals surface area contributed by atoms with Crippen molar-refractivity contribution in [1.82, 2.24) is 0 Å². The first-order valence-corrected chi connectivity index (χ1v) is 4.07. The quantitative estimate of drug-likeness (QED) is 0.427. The summed E-state index contributed by atoms with van der Waals surface area (Å²) in [5, 5.41) is 0. The average molecular weight is 207 g/mol. The first-order chi connectivity index (χ1) is 7.22. The molecular weight excluding hydrogens is 198 g/mol. The molecule has 0 spiro atoms. The Morgan fingerprint density at radius 3 is 2.67 bits per heavy atom. The van der Waals surface area contributed by atoms with Crippen LogP contribution in [-0.2, 0) is 9.53 Å². The molecule has 0 fully saturated rings. The van der Waals surface area contributed by atoms with Crippen molar-refractivity contribution in [3.05, 3.63) is 23.8 Å². The number of aliphatic imine (C=N–C) groups is 1. The lowest BCUT2D eigenvalue weighted by Crippen LogP contribution is -2.03. The molecule has 0 aromatic heterocycles. The summed E-state index contributed by atoms with van der Waals surface area (Å²) in [6.07, 6.45) is 1.39. The van der Waals surface area contributed by atoms with Crippen molar-refractivity contribution in [3.8, 4) is 5.75 Å². The van der Waals surface area contributed by atoms with Gasteiger partial charge in [0.05, 0.1) is 19.9 Å². The fourth-order valence-corrected chi connectivity index (χ4v) is 1.09. The fourth-order valence-electron chi connectivity index (χ4n) is 1.09. The Morgan fingerprint density at radius 1 is 1.40 bits per heavy atom. The van der Waals surface area contributed by atoms with E-state index in [0.717, 1.165) is 0 Å². The number of isocyanates is 1. The van der Waals surface area contributed by atoms with Gasteiger partial charge in [0.1, 0.15) is 11.3 Å². The second-order valence-corrected chi connectivity index (χ2v) is 2.58. The van der Waals surface area contributed by atoms with Gasteiger partial charge < -0.3 is 9.47 Å². The summed E-state index contributed by atoms with van der Waals surface area (Å²) in [6, 6.07) is 4.47. The summed E-state index contributed by atoms with van der Waals surface area (Å²) in [5.74, 6) is -0.179. The van der Waals surface area contributed by atoms with E-state index in [-0.39, 0.29) is 5.56 Å². The number of carbonyl (C=O) groups excluding carboxylic acids is 2. The topological polar surface area (TPSA) is 65.0 Å². The molecule has 0 bridgehead atoms. The maximum atomic E-state index is 11.3. The van der Waals surface area contributed by atoms with Crippen LogP contribution in [0.5, 0.6) is 5.75 Å². The molecule has 0 saturated heterocycles. The molecule has 0 heterocycles. The number of rotatable bonds is 3. The largest absolute Gasteiger partial charge is 0.496 e. The molecule has 0 radical (unpaired) electrons. The lowest BCUT2D eigenvalue weighted by molar-refractivity contribution is 0.0597. The predicted molar refractivity (Wildman–Crippen MR) is 52.1 cm³/mol. The van der Waals surface area contributed by atoms with Crippen LogP contribution in [0, 0.1) is 0 Å².